The Morgan fingerprint density at radius 1 is 1.04 bits per heavy atom. The number of aliphatic carboxylic acids is 1. The largest absolute Gasteiger partial charge is 0.478 e. The van der Waals surface area contributed by atoms with Crippen LogP contribution in [0.2, 0.25) is 0 Å². The van der Waals surface area contributed by atoms with E-state index in [1.54, 1.807) is 0 Å². The number of aryl methyl sites for hydroxylation is 1. The Morgan fingerprint density at radius 2 is 1.62 bits per heavy atom. The van der Waals surface area contributed by atoms with Crippen LogP contribution < -0.4 is 4.74 Å². The summed E-state index contributed by atoms with van der Waals surface area (Å²) in [7, 11) is 0. The number of carboxylic acids is 1. The second-order valence-corrected chi connectivity index (χ2v) is 7.05. The van der Waals surface area contributed by atoms with Crippen molar-refractivity contribution in [1.29, 1.82) is 0 Å². The molecule has 24 heavy (non-hydrogen) atoms. The van der Waals surface area contributed by atoms with Gasteiger partial charge in [0.2, 0.25) is 0 Å². The summed E-state index contributed by atoms with van der Waals surface area (Å²) in [5.41, 5.74) is 3.44. The molecule has 0 amide bonds. The van der Waals surface area contributed by atoms with Crippen molar-refractivity contribution in [1.82, 2.24) is 0 Å². The number of benzene rings is 2. The lowest BCUT2D eigenvalue weighted by Gasteiger charge is -2.20. The third-order valence-corrected chi connectivity index (χ3v) is 4.18. The summed E-state index contributed by atoms with van der Waals surface area (Å²) in [5.74, 6) is -0.356. The third kappa shape index (κ3) is 4.60. The van der Waals surface area contributed by atoms with Gasteiger partial charge in [0.25, 0.3) is 0 Å². The van der Waals surface area contributed by atoms with Gasteiger partial charge in [0, 0.05) is 6.42 Å². The van der Waals surface area contributed by atoms with E-state index in [-0.39, 0.29) is 5.41 Å². The van der Waals surface area contributed by atoms with Crippen LogP contribution >= 0.6 is 0 Å². The molecule has 128 valence electrons. The van der Waals surface area contributed by atoms with Crippen LogP contribution in [0, 0.1) is 0 Å². The van der Waals surface area contributed by atoms with E-state index in [0.29, 0.717) is 12.2 Å². The molecule has 0 unspecified atom stereocenters. The summed E-state index contributed by atoms with van der Waals surface area (Å²) >= 11 is 0. The average molecular weight is 326 g/mol. The summed E-state index contributed by atoms with van der Waals surface area (Å²) in [6.07, 6.45) is 0.349. The van der Waals surface area contributed by atoms with Crippen LogP contribution in [-0.2, 0) is 23.1 Å². The van der Waals surface area contributed by atoms with E-state index < -0.39 is 12.1 Å². The molecule has 0 aliphatic heterocycles. The quantitative estimate of drug-likeness (QED) is 0.842. The fourth-order valence-electron chi connectivity index (χ4n) is 2.68. The highest BCUT2D eigenvalue weighted by molar-refractivity contribution is 5.73. The summed E-state index contributed by atoms with van der Waals surface area (Å²) in [4.78, 5) is 11.6. The second kappa shape index (κ2) is 7.52. The van der Waals surface area contributed by atoms with Crippen LogP contribution in [-0.4, -0.2) is 17.2 Å². The predicted octanol–water partition coefficient (Wildman–Crippen LogP) is 4.62. The zero-order valence-corrected chi connectivity index (χ0v) is 14.9. The van der Waals surface area contributed by atoms with Crippen molar-refractivity contribution in [3.8, 4) is 5.75 Å². The first-order valence-electron chi connectivity index (χ1n) is 8.38. The van der Waals surface area contributed by atoms with Crippen molar-refractivity contribution in [2.75, 3.05) is 0 Å². The number of hydrogen-bond donors (Lipinski definition) is 1. The Labute approximate surface area is 144 Å². The minimum absolute atomic E-state index is 0.0603. The fraction of sp³-hybridized carbons (Fsp3) is 0.381. The smallest absolute Gasteiger partial charge is 0.345 e. The van der Waals surface area contributed by atoms with E-state index in [4.69, 9.17) is 4.74 Å². The molecular formula is C21H26O3. The first kappa shape index (κ1) is 18.1. The maximum atomic E-state index is 11.6. The number of rotatable bonds is 6. The Bertz CT molecular complexity index is 681. The molecule has 0 aliphatic carbocycles. The number of carbonyl (C=O) groups is 1. The maximum Gasteiger partial charge on any atom is 0.345 e. The normalized spacial score (nSPS) is 12.7. The maximum absolute atomic E-state index is 11.6. The van der Waals surface area contributed by atoms with E-state index in [2.05, 4.69) is 27.7 Å². The minimum Gasteiger partial charge on any atom is -0.478 e. The molecule has 2 rings (SSSR count). The van der Waals surface area contributed by atoms with Crippen molar-refractivity contribution in [3.63, 3.8) is 0 Å². The van der Waals surface area contributed by atoms with Crippen LogP contribution in [0.3, 0.4) is 0 Å². The van der Waals surface area contributed by atoms with E-state index in [1.807, 2.05) is 48.5 Å². The van der Waals surface area contributed by atoms with E-state index in [0.717, 1.165) is 17.5 Å². The Kier molecular flexibility index (Phi) is 5.66. The molecule has 1 N–H and O–H groups in total. The van der Waals surface area contributed by atoms with Gasteiger partial charge in [-0.1, -0.05) is 64.1 Å². The highest BCUT2D eigenvalue weighted by atomic mass is 16.5. The number of carboxylic acid groups (broad SMARTS) is 1. The molecule has 3 heteroatoms. The van der Waals surface area contributed by atoms with Gasteiger partial charge >= 0.3 is 5.97 Å². The molecule has 0 spiro atoms. The van der Waals surface area contributed by atoms with Crippen LogP contribution in [0.25, 0.3) is 0 Å². The van der Waals surface area contributed by atoms with E-state index in [9.17, 15) is 9.90 Å². The SMILES string of the molecule is CCc1ccccc1C[C@H](Oc1ccc(C(C)(C)C)cc1)C(=O)O. The molecule has 2 aromatic carbocycles. The Hall–Kier alpha value is -2.29. The van der Waals surface area contributed by atoms with Crippen molar-refractivity contribution < 1.29 is 14.6 Å². The molecule has 0 fully saturated rings. The molecule has 1 atom stereocenters. The lowest BCUT2D eigenvalue weighted by Crippen LogP contribution is -2.29. The summed E-state index contributed by atoms with van der Waals surface area (Å²) in [5, 5.41) is 9.52. The number of ether oxygens (including phenoxy) is 1. The van der Waals surface area contributed by atoms with E-state index in [1.165, 1.54) is 5.56 Å². The lowest BCUT2D eigenvalue weighted by atomic mass is 9.87. The molecule has 2 aromatic rings. The number of hydrogen-bond acceptors (Lipinski definition) is 2. The van der Waals surface area contributed by atoms with Crippen LogP contribution in [0.5, 0.6) is 5.75 Å². The van der Waals surface area contributed by atoms with Gasteiger partial charge in [-0.15, -0.1) is 0 Å². The van der Waals surface area contributed by atoms with Gasteiger partial charge in [0.15, 0.2) is 6.10 Å². The van der Waals surface area contributed by atoms with Gasteiger partial charge in [-0.2, -0.15) is 0 Å². The van der Waals surface area contributed by atoms with Crippen LogP contribution in [0.1, 0.15) is 44.4 Å². The van der Waals surface area contributed by atoms with Gasteiger partial charge in [-0.05, 0) is 40.7 Å². The second-order valence-electron chi connectivity index (χ2n) is 7.05. The molecule has 0 aromatic heterocycles. The van der Waals surface area contributed by atoms with Gasteiger partial charge < -0.3 is 9.84 Å². The summed E-state index contributed by atoms with van der Waals surface area (Å²) in [6, 6.07) is 15.6. The van der Waals surface area contributed by atoms with Gasteiger partial charge in [0.05, 0.1) is 0 Å². The highest BCUT2D eigenvalue weighted by Gasteiger charge is 2.21. The lowest BCUT2D eigenvalue weighted by molar-refractivity contribution is -0.145. The van der Waals surface area contributed by atoms with E-state index >= 15 is 0 Å². The topological polar surface area (TPSA) is 46.5 Å². The molecule has 0 saturated heterocycles. The highest BCUT2D eigenvalue weighted by Crippen LogP contribution is 2.25. The first-order chi connectivity index (χ1) is 11.3. The molecule has 3 nitrogen and oxygen atoms in total. The Morgan fingerprint density at radius 3 is 2.12 bits per heavy atom. The average Bonchev–Trinajstić information content (AvgIpc) is 2.54. The standard InChI is InChI=1S/C21H26O3/c1-5-15-8-6-7-9-16(15)14-19(20(22)23)24-18-12-10-17(11-13-18)21(2,3)4/h6-13,19H,5,14H2,1-4H3,(H,22,23)/t19-/m0/s1. The molecule has 0 saturated carbocycles. The molecule has 0 radical (unpaired) electrons. The van der Waals surface area contributed by atoms with Gasteiger partial charge in [-0.3, -0.25) is 0 Å². The minimum atomic E-state index is -0.944. The third-order valence-electron chi connectivity index (χ3n) is 4.18. The van der Waals surface area contributed by atoms with Crippen molar-refractivity contribution in [3.05, 3.63) is 65.2 Å². The summed E-state index contributed by atoms with van der Waals surface area (Å²) < 4.78 is 5.75. The predicted molar refractivity (Wildman–Crippen MR) is 96.7 cm³/mol. The van der Waals surface area contributed by atoms with Crippen molar-refractivity contribution in [2.45, 2.75) is 52.1 Å². The van der Waals surface area contributed by atoms with Gasteiger partial charge in [-0.25, -0.2) is 4.79 Å². The Balaban J connectivity index is 2.16. The zero-order valence-electron chi connectivity index (χ0n) is 14.9. The van der Waals surface area contributed by atoms with Crippen LogP contribution in [0.15, 0.2) is 48.5 Å². The molecule has 0 heterocycles. The molecule has 0 aliphatic rings. The van der Waals surface area contributed by atoms with Crippen molar-refractivity contribution in [2.24, 2.45) is 0 Å². The molecular weight excluding hydrogens is 300 g/mol. The van der Waals surface area contributed by atoms with Gasteiger partial charge in [0.1, 0.15) is 5.75 Å². The first-order valence-corrected chi connectivity index (χ1v) is 8.38. The molecule has 0 bridgehead atoms. The van der Waals surface area contributed by atoms with Crippen LogP contribution in [0.4, 0.5) is 0 Å². The monoisotopic (exact) mass is 326 g/mol. The zero-order chi connectivity index (χ0) is 17.7. The fourth-order valence-corrected chi connectivity index (χ4v) is 2.68. The van der Waals surface area contributed by atoms with Crippen molar-refractivity contribution >= 4 is 5.97 Å². The summed E-state index contributed by atoms with van der Waals surface area (Å²) in [6.45, 7) is 8.50.